The largest absolute Gasteiger partial charge is 0.342 e. The average molecular weight is 287 g/mol. The zero-order valence-corrected chi connectivity index (χ0v) is 11.6. The van der Waals surface area contributed by atoms with Crippen molar-refractivity contribution in [2.75, 3.05) is 19.6 Å². The molecule has 3 nitrogen and oxygen atoms in total. The summed E-state index contributed by atoms with van der Waals surface area (Å²) in [7, 11) is 0. The van der Waals surface area contributed by atoms with Gasteiger partial charge in [-0.1, -0.05) is 23.2 Å². The number of carbonyl (C=O) groups excluding carboxylic acids is 1. The summed E-state index contributed by atoms with van der Waals surface area (Å²) in [6.45, 7) is 2.75. The van der Waals surface area contributed by atoms with E-state index in [0.29, 0.717) is 23.1 Å². The van der Waals surface area contributed by atoms with Gasteiger partial charge in [-0.25, -0.2) is 0 Å². The minimum Gasteiger partial charge on any atom is -0.342 e. The van der Waals surface area contributed by atoms with Gasteiger partial charge in [0.05, 0.1) is 6.54 Å². The van der Waals surface area contributed by atoms with Crippen LogP contribution in [0.25, 0.3) is 0 Å². The van der Waals surface area contributed by atoms with Crippen molar-refractivity contribution in [3.8, 4) is 0 Å². The Bertz CT molecular complexity index is 411. The van der Waals surface area contributed by atoms with Gasteiger partial charge < -0.3 is 10.2 Å². The number of nitrogens with one attached hydrogen (secondary N) is 1. The zero-order chi connectivity index (χ0) is 13.0. The molecule has 0 radical (unpaired) electrons. The van der Waals surface area contributed by atoms with Crippen molar-refractivity contribution in [3.63, 3.8) is 0 Å². The van der Waals surface area contributed by atoms with E-state index in [1.165, 1.54) is 0 Å². The lowest BCUT2D eigenvalue weighted by molar-refractivity contribution is -0.129. The van der Waals surface area contributed by atoms with E-state index in [-0.39, 0.29) is 5.91 Å². The molecule has 0 atom stereocenters. The van der Waals surface area contributed by atoms with Gasteiger partial charge in [0.15, 0.2) is 0 Å². The molecule has 1 heterocycles. The average Bonchev–Trinajstić information content (AvgIpc) is 2.80. The van der Waals surface area contributed by atoms with Crippen LogP contribution in [0.1, 0.15) is 18.4 Å². The Morgan fingerprint density at radius 3 is 2.39 bits per heavy atom. The summed E-state index contributed by atoms with van der Waals surface area (Å²) in [4.78, 5) is 13.7. The summed E-state index contributed by atoms with van der Waals surface area (Å²) < 4.78 is 0. The van der Waals surface area contributed by atoms with Crippen molar-refractivity contribution >= 4 is 29.1 Å². The lowest BCUT2D eigenvalue weighted by Gasteiger charge is -2.15. The molecular weight excluding hydrogens is 271 g/mol. The SMILES string of the molecule is O=C(CNCc1cc(Cl)cc(Cl)c1)N1CCCC1. The molecule has 1 fully saturated rings. The van der Waals surface area contributed by atoms with Crippen LogP contribution in [0.15, 0.2) is 18.2 Å². The van der Waals surface area contributed by atoms with E-state index in [1.807, 2.05) is 17.0 Å². The van der Waals surface area contributed by atoms with Crippen LogP contribution in [0.3, 0.4) is 0 Å². The van der Waals surface area contributed by atoms with E-state index >= 15 is 0 Å². The normalized spacial score (nSPS) is 15.1. The van der Waals surface area contributed by atoms with Crippen LogP contribution in [0.5, 0.6) is 0 Å². The van der Waals surface area contributed by atoms with Crippen LogP contribution >= 0.6 is 23.2 Å². The number of carbonyl (C=O) groups is 1. The van der Waals surface area contributed by atoms with Crippen LogP contribution in [0, 0.1) is 0 Å². The third kappa shape index (κ3) is 3.87. The summed E-state index contributed by atoms with van der Waals surface area (Å²) in [6.07, 6.45) is 2.24. The predicted molar refractivity (Wildman–Crippen MR) is 74.0 cm³/mol. The Morgan fingerprint density at radius 2 is 1.78 bits per heavy atom. The Balaban J connectivity index is 1.79. The number of halogens is 2. The molecule has 0 saturated carbocycles. The maximum Gasteiger partial charge on any atom is 0.236 e. The molecule has 0 spiro atoms. The monoisotopic (exact) mass is 286 g/mol. The number of likely N-dealkylation sites (tertiary alicyclic amines) is 1. The molecule has 98 valence electrons. The number of rotatable bonds is 4. The highest BCUT2D eigenvalue weighted by Gasteiger charge is 2.16. The highest BCUT2D eigenvalue weighted by Crippen LogP contribution is 2.18. The van der Waals surface area contributed by atoms with Crippen molar-refractivity contribution in [1.29, 1.82) is 0 Å². The first-order chi connectivity index (χ1) is 8.65. The summed E-state index contributed by atoms with van der Waals surface area (Å²) in [5, 5.41) is 4.36. The molecule has 1 aliphatic rings. The van der Waals surface area contributed by atoms with Crippen molar-refractivity contribution in [3.05, 3.63) is 33.8 Å². The number of nitrogens with zero attached hydrogens (tertiary/aromatic N) is 1. The topological polar surface area (TPSA) is 32.3 Å². The van der Waals surface area contributed by atoms with Gasteiger partial charge in [-0.2, -0.15) is 0 Å². The minimum absolute atomic E-state index is 0.167. The van der Waals surface area contributed by atoms with Crippen LogP contribution < -0.4 is 5.32 Å². The molecule has 0 aromatic heterocycles. The van der Waals surface area contributed by atoms with Crippen molar-refractivity contribution in [2.45, 2.75) is 19.4 Å². The third-order valence-corrected chi connectivity index (χ3v) is 3.42. The smallest absolute Gasteiger partial charge is 0.236 e. The van der Waals surface area contributed by atoms with Gasteiger partial charge in [-0.05, 0) is 36.6 Å². The number of amides is 1. The fourth-order valence-electron chi connectivity index (χ4n) is 2.11. The first-order valence-electron chi connectivity index (χ1n) is 6.08. The van der Waals surface area contributed by atoms with E-state index in [4.69, 9.17) is 23.2 Å². The second kappa shape index (κ2) is 6.41. The summed E-state index contributed by atoms with van der Waals surface area (Å²) in [5.41, 5.74) is 0.988. The molecule has 0 unspecified atom stereocenters. The lowest BCUT2D eigenvalue weighted by Crippen LogP contribution is -2.35. The molecule has 1 aliphatic heterocycles. The second-order valence-corrected chi connectivity index (χ2v) is 5.34. The highest BCUT2D eigenvalue weighted by atomic mass is 35.5. The van der Waals surface area contributed by atoms with Gasteiger partial charge in [-0.3, -0.25) is 4.79 Å². The van der Waals surface area contributed by atoms with E-state index < -0.39 is 0 Å². The Hall–Kier alpha value is -0.770. The molecule has 0 aliphatic carbocycles. The Morgan fingerprint density at radius 1 is 1.17 bits per heavy atom. The molecule has 0 bridgehead atoms. The standard InChI is InChI=1S/C13H16Cl2N2O/c14-11-5-10(6-12(15)7-11)8-16-9-13(18)17-3-1-2-4-17/h5-7,16H,1-4,8-9H2. The van der Waals surface area contributed by atoms with Crippen molar-refractivity contribution < 1.29 is 4.79 Å². The molecule has 1 aromatic rings. The molecule has 1 aromatic carbocycles. The van der Waals surface area contributed by atoms with Gasteiger partial charge >= 0.3 is 0 Å². The van der Waals surface area contributed by atoms with Crippen LogP contribution in [-0.2, 0) is 11.3 Å². The predicted octanol–water partition coefficient (Wildman–Crippen LogP) is 2.71. The molecule has 1 amide bonds. The van der Waals surface area contributed by atoms with E-state index in [9.17, 15) is 4.79 Å². The van der Waals surface area contributed by atoms with Gasteiger partial charge in [0.2, 0.25) is 5.91 Å². The van der Waals surface area contributed by atoms with Gasteiger partial charge in [0.1, 0.15) is 0 Å². The van der Waals surface area contributed by atoms with Gasteiger partial charge in [0.25, 0.3) is 0 Å². The van der Waals surface area contributed by atoms with Crippen molar-refractivity contribution in [2.24, 2.45) is 0 Å². The van der Waals surface area contributed by atoms with E-state index in [0.717, 1.165) is 31.5 Å². The quantitative estimate of drug-likeness (QED) is 0.923. The third-order valence-electron chi connectivity index (χ3n) is 2.99. The first-order valence-corrected chi connectivity index (χ1v) is 6.84. The lowest BCUT2D eigenvalue weighted by atomic mass is 10.2. The second-order valence-electron chi connectivity index (χ2n) is 4.47. The summed E-state index contributed by atoms with van der Waals surface area (Å²) in [5.74, 6) is 0.167. The first kappa shape index (κ1) is 13.7. The van der Waals surface area contributed by atoms with E-state index in [2.05, 4.69) is 5.32 Å². The molecule has 2 rings (SSSR count). The molecule has 1 saturated heterocycles. The minimum atomic E-state index is 0.167. The number of benzene rings is 1. The summed E-state index contributed by atoms with van der Waals surface area (Å²) >= 11 is 11.8. The zero-order valence-electron chi connectivity index (χ0n) is 10.1. The van der Waals surface area contributed by atoms with Crippen molar-refractivity contribution in [1.82, 2.24) is 10.2 Å². The van der Waals surface area contributed by atoms with Crippen LogP contribution in [-0.4, -0.2) is 30.4 Å². The van der Waals surface area contributed by atoms with Crippen LogP contribution in [0.2, 0.25) is 10.0 Å². The number of hydrogen-bond acceptors (Lipinski definition) is 2. The van der Waals surface area contributed by atoms with Crippen LogP contribution in [0.4, 0.5) is 0 Å². The van der Waals surface area contributed by atoms with Gasteiger partial charge in [0, 0.05) is 29.7 Å². The fraction of sp³-hybridized carbons (Fsp3) is 0.462. The maximum atomic E-state index is 11.8. The fourth-order valence-corrected chi connectivity index (χ4v) is 2.68. The Kier molecular flexibility index (Phi) is 4.87. The highest BCUT2D eigenvalue weighted by molar-refractivity contribution is 6.34. The van der Waals surface area contributed by atoms with E-state index in [1.54, 1.807) is 6.07 Å². The summed E-state index contributed by atoms with van der Waals surface area (Å²) in [6, 6.07) is 5.39. The van der Waals surface area contributed by atoms with Gasteiger partial charge in [-0.15, -0.1) is 0 Å². The Labute approximate surface area is 117 Å². The molecule has 1 N–H and O–H groups in total. The molecule has 5 heteroatoms. The maximum absolute atomic E-state index is 11.8. The molecule has 18 heavy (non-hydrogen) atoms. The molecular formula is C13H16Cl2N2O. The number of hydrogen-bond donors (Lipinski definition) is 1.